The average molecular weight is 335 g/mol. The molecule has 1 saturated carbocycles. The second-order valence-corrected chi connectivity index (χ2v) is 6.61. The van der Waals surface area contributed by atoms with Gasteiger partial charge in [-0.05, 0) is 37.3 Å². The number of amides is 1. The van der Waals surface area contributed by atoms with Crippen molar-refractivity contribution in [2.75, 3.05) is 13.1 Å². The molecule has 1 amide bonds. The number of likely N-dealkylation sites (tertiary alicyclic amines) is 1. The van der Waals surface area contributed by atoms with Crippen LogP contribution in [-0.4, -0.2) is 34.2 Å². The van der Waals surface area contributed by atoms with E-state index in [0.29, 0.717) is 31.1 Å². The molecule has 22 heavy (non-hydrogen) atoms. The lowest BCUT2D eigenvalue weighted by molar-refractivity contribution is -0.137. The van der Waals surface area contributed by atoms with E-state index in [-0.39, 0.29) is 5.41 Å². The molecule has 1 N–H and O–H groups in total. The number of alkyl halides is 3. The first kappa shape index (κ1) is 15.4. The predicted molar refractivity (Wildman–Crippen MR) is 72.7 cm³/mol. The van der Waals surface area contributed by atoms with Gasteiger partial charge < -0.3 is 10.0 Å². The molecule has 3 rings (SSSR count). The molecule has 1 spiro atoms. The largest absolute Gasteiger partial charge is 0.465 e. The van der Waals surface area contributed by atoms with Crippen molar-refractivity contribution in [2.24, 2.45) is 11.3 Å². The van der Waals surface area contributed by atoms with Crippen LogP contribution in [-0.2, 0) is 12.6 Å². The Balaban J connectivity index is 1.56. The van der Waals surface area contributed by atoms with Crippen LogP contribution in [0.3, 0.4) is 0 Å². The molecule has 2 aliphatic rings. The number of aromatic nitrogens is 1. The lowest BCUT2D eigenvalue weighted by Gasteiger charge is -2.58. The third kappa shape index (κ3) is 2.74. The molecule has 1 saturated heterocycles. The van der Waals surface area contributed by atoms with Crippen LogP contribution in [0, 0.1) is 11.3 Å². The Morgan fingerprint density at radius 1 is 1.41 bits per heavy atom. The van der Waals surface area contributed by atoms with Gasteiger partial charge in [-0.2, -0.15) is 13.2 Å². The zero-order chi connectivity index (χ0) is 16.1. The van der Waals surface area contributed by atoms with Crippen molar-refractivity contribution in [2.45, 2.75) is 25.4 Å². The third-order valence-electron chi connectivity index (χ3n) is 4.48. The van der Waals surface area contributed by atoms with Crippen LogP contribution < -0.4 is 0 Å². The Morgan fingerprint density at radius 2 is 2.05 bits per heavy atom. The summed E-state index contributed by atoms with van der Waals surface area (Å²) in [7, 11) is 0. The number of carbonyl (C=O) groups is 1. The topological polar surface area (TPSA) is 53.4 Å². The minimum absolute atomic E-state index is 0.0821. The summed E-state index contributed by atoms with van der Waals surface area (Å²) in [4.78, 5) is 16.0. The standard InChI is InChI=1S/C14H14ClF3N2O2/c15-11-10(14(16,17)18)2-1-9(19-11)3-8-4-13(5-8)6-20(7-13)12(21)22/h1-2,8H,3-7H2,(H,21,22). The molecule has 4 nitrogen and oxygen atoms in total. The van der Waals surface area contributed by atoms with Crippen molar-refractivity contribution in [3.05, 3.63) is 28.5 Å². The zero-order valence-electron chi connectivity index (χ0n) is 11.5. The van der Waals surface area contributed by atoms with E-state index in [0.717, 1.165) is 18.9 Å². The predicted octanol–water partition coefficient (Wildman–Crippen LogP) is 3.69. The molecule has 0 unspecified atom stereocenters. The van der Waals surface area contributed by atoms with E-state index < -0.39 is 23.0 Å². The molecule has 1 aliphatic carbocycles. The summed E-state index contributed by atoms with van der Waals surface area (Å²) in [6.07, 6.45) is -3.04. The van der Waals surface area contributed by atoms with Crippen molar-refractivity contribution in [1.29, 1.82) is 0 Å². The summed E-state index contributed by atoms with van der Waals surface area (Å²) < 4.78 is 37.8. The molecule has 1 aliphatic heterocycles. The van der Waals surface area contributed by atoms with E-state index in [2.05, 4.69) is 4.98 Å². The van der Waals surface area contributed by atoms with Crippen molar-refractivity contribution >= 4 is 17.7 Å². The van der Waals surface area contributed by atoms with Crippen LogP contribution in [0.5, 0.6) is 0 Å². The molecule has 1 aromatic heterocycles. The van der Waals surface area contributed by atoms with Gasteiger partial charge in [-0.15, -0.1) is 0 Å². The average Bonchev–Trinajstić information content (AvgIpc) is 2.28. The van der Waals surface area contributed by atoms with Crippen molar-refractivity contribution in [3.8, 4) is 0 Å². The summed E-state index contributed by atoms with van der Waals surface area (Å²) in [5, 5.41) is 8.30. The maximum Gasteiger partial charge on any atom is 0.419 e. The number of hydrogen-bond acceptors (Lipinski definition) is 2. The molecule has 2 fully saturated rings. The highest BCUT2D eigenvalue weighted by Gasteiger charge is 2.53. The quantitative estimate of drug-likeness (QED) is 0.839. The zero-order valence-corrected chi connectivity index (χ0v) is 12.3. The maximum absolute atomic E-state index is 12.6. The Hall–Kier alpha value is -1.50. The van der Waals surface area contributed by atoms with Crippen LogP contribution >= 0.6 is 11.6 Å². The Bertz CT molecular complexity index is 607. The van der Waals surface area contributed by atoms with E-state index >= 15 is 0 Å². The summed E-state index contributed by atoms with van der Waals surface area (Å²) in [5.74, 6) is 0.330. The van der Waals surface area contributed by atoms with Crippen molar-refractivity contribution in [1.82, 2.24) is 9.88 Å². The fourth-order valence-electron chi connectivity index (χ4n) is 3.56. The highest BCUT2D eigenvalue weighted by Crippen LogP contribution is 2.52. The van der Waals surface area contributed by atoms with Crippen LogP contribution in [0.4, 0.5) is 18.0 Å². The van der Waals surface area contributed by atoms with E-state index in [1.807, 2.05) is 0 Å². The van der Waals surface area contributed by atoms with E-state index in [4.69, 9.17) is 16.7 Å². The van der Waals surface area contributed by atoms with Gasteiger partial charge in [0.25, 0.3) is 0 Å². The summed E-state index contributed by atoms with van der Waals surface area (Å²) >= 11 is 5.60. The lowest BCUT2D eigenvalue weighted by atomic mass is 9.57. The first-order chi connectivity index (χ1) is 10.2. The molecule has 2 heterocycles. The van der Waals surface area contributed by atoms with Gasteiger partial charge in [-0.1, -0.05) is 11.6 Å². The minimum Gasteiger partial charge on any atom is -0.465 e. The summed E-state index contributed by atoms with van der Waals surface area (Å²) in [6, 6.07) is 2.33. The summed E-state index contributed by atoms with van der Waals surface area (Å²) in [6.45, 7) is 1.11. The van der Waals surface area contributed by atoms with Crippen LogP contribution in [0.1, 0.15) is 24.1 Å². The van der Waals surface area contributed by atoms with Crippen LogP contribution in [0.25, 0.3) is 0 Å². The van der Waals surface area contributed by atoms with Gasteiger partial charge in [-0.3, -0.25) is 0 Å². The minimum atomic E-state index is -4.49. The second kappa shape index (κ2) is 5.01. The van der Waals surface area contributed by atoms with Crippen LogP contribution in [0.15, 0.2) is 12.1 Å². The first-order valence-corrected chi connectivity index (χ1v) is 7.27. The van der Waals surface area contributed by atoms with Gasteiger partial charge in [0, 0.05) is 24.2 Å². The van der Waals surface area contributed by atoms with E-state index in [1.165, 1.54) is 11.0 Å². The highest BCUT2D eigenvalue weighted by molar-refractivity contribution is 6.30. The van der Waals surface area contributed by atoms with Crippen molar-refractivity contribution in [3.63, 3.8) is 0 Å². The molecule has 1 aromatic rings. The molecular weight excluding hydrogens is 321 g/mol. The number of nitrogens with zero attached hydrogens (tertiary/aromatic N) is 2. The Labute approximate surface area is 129 Å². The summed E-state index contributed by atoms with van der Waals surface area (Å²) in [5.41, 5.74) is -0.287. The molecule has 0 bridgehead atoms. The van der Waals surface area contributed by atoms with E-state index in [1.54, 1.807) is 0 Å². The van der Waals surface area contributed by atoms with E-state index in [9.17, 15) is 18.0 Å². The fourth-order valence-corrected chi connectivity index (χ4v) is 3.84. The van der Waals surface area contributed by atoms with Gasteiger partial charge in [0.1, 0.15) is 5.15 Å². The maximum atomic E-state index is 12.6. The molecule has 8 heteroatoms. The van der Waals surface area contributed by atoms with Gasteiger partial charge in [-0.25, -0.2) is 9.78 Å². The molecule has 120 valence electrons. The smallest absolute Gasteiger partial charge is 0.419 e. The van der Waals surface area contributed by atoms with Crippen LogP contribution in [0.2, 0.25) is 5.15 Å². The highest BCUT2D eigenvalue weighted by atomic mass is 35.5. The fraction of sp³-hybridized carbons (Fsp3) is 0.571. The Kier molecular flexibility index (Phi) is 3.51. The number of carboxylic acid groups (broad SMARTS) is 1. The van der Waals surface area contributed by atoms with Gasteiger partial charge in [0.2, 0.25) is 0 Å². The third-order valence-corrected chi connectivity index (χ3v) is 4.76. The monoisotopic (exact) mass is 334 g/mol. The Morgan fingerprint density at radius 3 is 2.55 bits per heavy atom. The molecular formula is C14H14ClF3N2O2. The molecule has 0 aromatic carbocycles. The first-order valence-electron chi connectivity index (χ1n) is 6.89. The molecule has 0 atom stereocenters. The van der Waals surface area contributed by atoms with Gasteiger partial charge in [0.15, 0.2) is 0 Å². The molecule has 0 radical (unpaired) electrons. The SMILES string of the molecule is O=C(O)N1CC2(CC(Cc3ccc(C(F)(F)F)c(Cl)n3)C2)C1. The van der Waals surface area contributed by atoms with Crippen molar-refractivity contribution < 1.29 is 23.1 Å². The van der Waals surface area contributed by atoms with Gasteiger partial charge in [0.05, 0.1) is 5.56 Å². The normalized spacial score (nSPS) is 20.6. The number of rotatable bonds is 2. The second-order valence-electron chi connectivity index (χ2n) is 6.26. The number of halogens is 4. The van der Waals surface area contributed by atoms with Gasteiger partial charge >= 0.3 is 12.3 Å². The number of pyridine rings is 1. The number of hydrogen-bond donors (Lipinski definition) is 1. The lowest BCUT2D eigenvalue weighted by Crippen LogP contribution is -2.63.